The summed E-state index contributed by atoms with van der Waals surface area (Å²) in [6, 6.07) is 24.3. The van der Waals surface area contributed by atoms with Gasteiger partial charge in [-0.2, -0.15) is 0 Å². The second-order valence-electron chi connectivity index (χ2n) is 7.76. The SMILES string of the molecule is Nc1cc2ccc(C(=O)O)cc2cc1NC(=O)OCC1c2ccccc2-c2ccccc21. The minimum atomic E-state index is -1.02. The van der Waals surface area contributed by atoms with Gasteiger partial charge in [-0.25, -0.2) is 9.59 Å². The Kier molecular flexibility index (Phi) is 4.75. The molecule has 158 valence electrons. The maximum Gasteiger partial charge on any atom is 0.411 e. The third kappa shape index (κ3) is 3.41. The van der Waals surface area contributed by atoms with Crippen LogP contribution in [0, 0.1) is 0 Å². The molecule has 1 aliphatic carbocycles. The predicted octanol–water partition coefficient (Wildman–Crippen LogP) is 5.48. The van der Waals surface area contributed by atoms with Gasteiger partial charge in [-0.15, -0.1) is 0 Å². The Balaban J connectivity index is 1.35. The lowest BCUT2D eigenvalue weighted by Crippen LogP contribution is -2.18. The van der Waals surface area contributed by atoms with Gasteiger partial charge in [0, 0.05) is 5.92 Å². The van der Waals surface area contributed by atoms with Crippen molar-refractivity contribution in [2.75, 3.05) is 17.7 Å². The van der Waals surface area contributed by atoms with Crippen molar-refractivity contribution in [2.45, 2.75) is 5.92 Å². The van der Waals surface area contributed by atoms with Crippen LogP contribution in [-0.4, -0.2) is 23.8 Å². The molecule has 1 amide bonds. The summed E-state index contributed by atoms with van der Waals surface area (Å²) in [7, 11) is 0. The van der Waals surface area contributed by atoms with Gasteiger partial charge in [0.05, 0.1) is 16.9 Å². The van der Waals surface area contributed by atoms with E-state index in [-0.39, 0.29) is 18.1 Å². The number of rotatable bonds is 4. The van der Waals surface area contributed by atoms with Gasteiger partial charge in [-0.05, 0) is 57.3 Å². The van der Waals surface area contributed by atoms with Crippen molar-refractivity contribution >= 4 is 34.2 Å². The van der Waals surface area contributed by atoms with Crippen LogP contribution in [0.15, 0.2) is 78.9 Å². The first-order valence-corrected chi connectivity index (χ1v) is 10.2. The third-order valence-electron chi connectivity index (χ3n) is 5.84. The molecule has 0 aromatic heterocycles. The number of amides is 1. The summed E-state index contributed by atoms with van der Waals surface area (Å²) in [6.07, 6.45) is -0.618. The number of hydrogen-bond donors (Lipinski definition) is 3. The molecule has 0 fully saturated rings. The molecule has 0 saturated heterocycles. The Hall–Kier alpha value is -4.32. The van der Waals surface area contributed by atoms with Crippen molar-refractivity contribution in [2.24, 2.45) is 0 Å². The third-order valence-corrected chi connectivity index (χ3v) is 5.84. The molecule has 0 aliphatic heterocycles. The fourth-order valence-corrected chi connectivity index (χ4v) is 4.30. The van der Waals surface area contributed by atoms with Gasteiger partial charge < -0.3 is 15.6 Å². The highest BCUT2D eigenvalue weighted by Gasteiger charge is 2.29. The zero-order valence-electron chi connectivity index (χ0n) is 17.0. The van der Waals surface area contributed by atoms with E-state index in [0.717, 1.165) is 27.6 Å². The van der Waals surface area contributed by atoms with Gasteiger partial charge in [0.25, 0.3) is 0 Å². The molecular formula is C26H20N2O4. The molecule has 32 heavy (non-hydrogen) atoms. The number of hydrogen-bond acceptors (Lipinski definition) is 4. The number of carbonyl (C=O) groups is 2. The van der Waals surface area contributed by atoms with Crippen LogP contribution in [0.2, 0.25) is 0 Å². The van der Waals surface area contributed by atoms with Crippen LogP contribution >= 0.6 is 0 Å². The van der Waals surface area contributed by atoms with Crippen molar-refractivity contribution < 1.29 is 19.4 Å². The van der Waals surface area contributed by atoms with Crippen molar-refractivity contribution in [3.05, 3.63) is 95.6 Å². The summed E-state index contributed by atoms with van der Waals surface area (Å²) in [5, 5.41) is 13.3. The lowest BCUT2D eigenvalue weighted by atomic mass is 9.98. The van der Waals surface area contributed by atoms with Crippen LogP contribution < -0.4 is 11.1 Å². The zero-order chi connectivity index (χ0) is 22.2. The number of carboxylic acid groups (broad SMARTS) is 1. The number of carboxylic acids is 1. The minimum Gasteiger partial charge on any atom is -0.478 e. The van der Waals surface area contributed by atoms with E-state index in [1.165, 1.54) is 6.07 Å². The largest absolute Gasteiger partial charge is 0.478 e. The highest BCUT2D eigenvalue weighted by atomic mass is 16.5. The zero-order valence-corrected chi connectivity index (χ0v) is 17.0. The lowest BCUT2D eigenvalue weighted by molar-refractivity contribution is 0.0697. The molecule has 0 spiro atoms. The smallest absolute Gasteiger partial charge is 0.411 e. The van der Waals surface area contributed by atoms with Gasteiger partial charge in [-0.1, -0.05) is 54.6 Å². The molecule has 0 unspecified atom stereocenters. The predicted molar refractivity (Wildman–Crippen MR) is 124 cm³/mol. The van der Waals surface area contributed by atoms with Crippen LogP contribution in [0.5, 0.6) is 0 Å². The summed E-state index contributed by atoms with van der Waals surface area (Å²) in [6.45, 7) is 0.191. The van der Waals surface area contributed by atoms with Gasteiger partial charge >= 0.3 is 12.1 Å². The molecule has 0 atom stereocenters. The Morgan fingerprint density at radius 3 is 2.19 bits per heavy atom. The summed E-state index contributed by atoms with van der Waals surface area (Å²) >= 11 is 0. The van der Waals surface area contributed by atoms with Crippen LogP contribution in [0.1, 0.15) is 27.4 Å². The Morgan fingerprint density at radius 2 is 1.53 bits per heavy atom. The summed E-state index contributed by atoms with van der Waals surface area (Å²) in [5.74, 6) is -1.06. The molecule has 0 bridgehead atoms. The van der Waals surface area contributed by atoms with E-state index in [4.69, 9.17) is 10.5 Å². The Bertz CT molecular complexity index is 1330. The van der Waals surface area contributed by atoms with Crippen LogP contribution in [0.4, 0.5) is 16.2 Å². The Labute approximate surface area is 184 Å². The summed E-state index contributed by atoms with van der Waals surface area (Å²) in [4.78, 5) is 23.8. The molecule has 4 N–H and O–H groups in total. The van der Waals surface area contributed by atoms with Gasteiger partial charge in [0.15, 0.2) is 0 Å². The first-order valence-electron chi connectivity index (χ1n) is 10.2. The first-order chi connectivity index (χ1) is 15.5. The number of nitrogens with two attached hydrogens (primary N) is 1. The fraction of sp³-hybridized carbons (Fsp3) is 0.0769. The lowest BCUT2D eigenvalue weighted by Gasteiger charge is -2.15. The molecule has 0 saturated carbocycles. The fourth-order valence-electron chi connectivity index (χ4n) is 4.30. The van der Waals surface area contributed by atoms with E-state index in [1.54, 1.807) is 24.3 Å². The van der Waals surface area contributed by atoms with Crippen molar-refractivity contribution in [1.29, 1.82) is 0 Å². The highest BCUT2D eigenvalue weighted by molar-refractivity contribution is 6.00. The first kappa shape index (κ1) is 19.6. The van der Waals surface area contributed by atoms with Crippen LogP contribution in [0.25, 0.3) is 21.9 Å². The van der Waals surface area contributed by atoms with E-state index in [2.05, 4.69) is 29.6 Å². The van der Waals surface area contributed by atoms with Crippen LogP contribution in [0.3, 0.4) is 0 Å². The van der Waals surface area contributed by atoms with Gasteiger partial charge in [-0.3, -0.25) is 5.32 Å². The number of ether oxygens (including phenoxy) is 1. The molecular weight excluding hydrogens is 404 g/mol. The monoisotopic (exact) mass is 424 g/mol. The maximum absolute atomic E-state index is 12.6. The number of carbonyl (C=O) groups excluding carboxylic acids is 1. The van der Waals surface area contributed by atoms with Crippen molar-refractivity contribution in [3.8, 4) is 11.1 Å². The molecule has 6 heteroatoms. The van der Waals surface area contributed by atoms with E-state index in [9.17, 15) is 14.7 Å². The number of anilines is 2. The van der Waals surface area contributed by atoms with E-state index in [1.807, 2.05) is 24.3 Å². The molecule has 0 heterocycles. The second-order valence-corrected chi connectivity index (χ2v) is 7.76. The Morgan fingerprint density at radius 1 is 0.875 bits per heavy atom. The van der Waals surface area contributed by atoms with Crippen molar-refractivity contribution in [1.82, 2.24) is 0 Å². The van der Waals surface area contributed by atoms with Crippen LogP contribution in [-0.2, 0) is 4.74 Å². The quantitative estimate of drug-likeness (QED) is 0.377. The molecule has 4 aromatic carbocycles. The molecule has 4 aromatic rings. The molecule has 6 nitrogen and oxygen atoms in total. The van der Waals surface area contributed by atoms with Gasteiger partial charge in [0.2, 0.25) is 0 Å². The normalized spacial score (nSPS) is 12.2. The van der Waals surface area contributed by atoms with Crippen molar-refractivity contribution in [3.63, 3.8) is 0 Å². The summed E-state index contributed by atoms with van der Waals surface area (Å²) in [5.41, 5.74) is 11.6. The number of benzene rings is 4. The summed E-state index contributed by atoms with van der Waals surface area (Å²) < 4.78 is 5.57. The maximum atomic E-state index is 12.6. The van der Waals surface area contributed by atoms with E-state index >= 15 is 0 Å². The molecule has 5 rings (SSSR count). The molecule has 1 aliphatic rings. The minimum absolute atomic E-state index is 0.0415. The van der Waals surface area contributed by atoms with Gasteiger partial charge in [0.1, 0.15) is 6.61 Å². The average molecular weight is 424 g/mol. The van der Waals surface area contributed by atoms with E-state index in [0.29, 0.717) is 16.8 Å². The number of nitrogen functional groups attached to an aromatic ring is 1. The molecule has 0 radical (unpaired) electrons. The standard InChI is InChI=1S/C26H20N2O4/c27-23-12-15-9-10-16(25(29)30)11-17(15)13-24(23)28-26(31)32-14-22-20-7-3-1-5-18(20)19-6-2-4-8-21(19)22/h1-13,22H,14,27H2,(H,28,31)(H,29,30). The second kappa shape index (κ2) is 7.74. The number of fused-ring (bicyclic) bond motifs is 4. The number of nitrogens with one attached hydrogen (secondary N) is 1. The topological polar surface area (TPSA) is 102 Å². The number of aromatic carboxylic acids is 1. The average Bonchev–Trinajstić information content (AvgIpc) is 3.11. The van der Waals surface area contributed by atoms with E-state index < -0.39 is 12.1 Å². The highest BCUT2D eigenvalue weighted by Crippen LogP contribution is 2.44.